The summed E-state index contributed by atoms with van der Waals surface area (Å²) in [6, 6.07) is 6.39. The predicted octanol–water partition coefficient (Wildman–Crippen LogP) is 3.11. The van der Waals surface area contributed by atoms with Gasteiger partial charge in [-0.1, -0.05) is 19.1 Å². The molecule has 0 amide bonds. The summed E-state index contributed by atoms with van der Waals surface area (Å²) in [5, 5.41) is 0.622. The van der Waals surface area contributed by atoms with E-state index in [-0.39, 0.29) is 6.04 Å². The summed E-state index contributed by atoms with van der Waals surface area (Å²) in [6.07, 6.45) is 1.05. The van der Waals surface area contributed by atoms with E-state index in [1.165, 1.54) is 11.1 Å². The second-order valence-corrected chi connectivity index (χ2v) is 5.65. The third kappa shape index (κ3) is 2.36. The van der Waals surface area contributed by atoms with Gasteiger partial charge in [-0.15, -0.1) is 0 Å². The maximum absolute atomic E-state index is 6.23. The molecule has 0 bridgehead atoms. The van der Waals surface area contributed by atoms with Crippen LogP contribution in [0.3, 0.4) is 0 Å². The van der Waals surface area contributed by atoms with Gasteiger partial charge in [0.15, 0.2) is 0 Å². The van der Waals surface area contributed by atoms with Crippen molar-refractivity contribution in [2.45, 2.75) is 37.3 Å². The van der Waals surface area contributed by atoms with Gasteiger partial charge in [0.2, 0.25) is 0 Å². The molecular weight excluding hydrogens is 218 g/mol. The maximum Gasteiger partial charge on any atom is 0.123 e. The molecule has 0 aliphatic carbocycles. The summed E-state index contributed by atoms with van der Waals surface area (Å²) in [6.45, 7) is 4.98. The molecule has 1 aliphatic rings. The SMILES string of the molecule is CCOc1cccc2c1CSC(C)C[C@H]2N. The second kappa shape index (κ2) is 5.11. The number of ether oxygens (including phenoxy) is 1. The lowest BCUT2D eigenvalue weighted by Gasteiger charge is -2.16. The van der Waals surface area contributed by atoms with Gasteiger partial charge >= 0.3 is 0 Å². The Morgan fingerprint density at radius 1 is 1.50 bits per heavy atom. The fourth-order valence-corrected chi connectivity index (χ4v) is 3.26. The smallest absolute Gasteiger partial charge is 0.123 e. The Bertz CT molecular complexity index is 367. The number of hydrogen-bond donors (Lipinski definition) is 1. The van der Waals surface area contributed by atoms with E-state index in [1.807, 2.05) is 30.8 Å². The number of thioether (sulfide) groups is 1. The molecule has 0 saturated carbocycles. The minimum absolute atomic E-state index is 0.153. The molecule has 0 radical (unpaired) electrons. The first kappa shape index (κ1) is 11.8. The molecule has 1 heterocycles. The van der Waals surface area contributed by atoms with Crippen molar-refractivity contribution in [2.75, 3.05) is 6.61 Å². The van der Waals surface area contributed by atoms with Gasteiger partial charge in [-0.25, -0.2) is 0 Å². The molecule has 0 fully saturated rings. The maximum atomic E-state index is 6.23. The Kier molecular flexibility index (Phi) is 3.77. The first-order valence-electron chi connectivity index (χ1n) is 5.84. The zero-order chi connectivity index (χ0) is 11.5. The highest BCUT2D eigenvalue weighted by molar-refractivity contribution is 7.99. The Morgan fingerprint density at radius 3 is 3.06 bits per heavy atom. The molecule has 1 aliphatic heterocycles. The zero-order valence-corrected chi connectivity index (χ0v) is 10.7. The van der Waals surface area contributed by atoms with E-state index in [4.69, 9.17) is 10.5 Å². The molecule has 3 heteroatoms. The summed E-state index contributed by atoms with van der Waals surface area (Å²) in [4.78, 5) is 0. The fraction of sp³-hybridized carbons (Fsp3) is 0.538. The average Bonchev–Trinajstić information content (AvgIpc) is 2.40. The monoisotopic (exact) mass is 237 g/mol. The van der Waals surface area contributed by atoms with Gasteiger partial charge in [0.05, 0.1) is 6.61 Å². The van der Waals surface area contributed by atoms with Crippen LogP contribution in [-0.4, -0.2) is 11.9 Å². The molecule has 1 aromatic rings. The Balaban J connectivity index is 2.37. The third-order valence-electron chi connectivity index (χ3n) is 2.97. The molecule has 0 aromatic heterocycles. The van der Waals surface area contributed by atoms with Gasteiger partial charge in [-0.2, -0.15) is 11.8 Å². The highest BCUT2D eigenvalue weighted by Gasteiger charge is 2.22. The van der Waals surface area contributed by atoms with E-state index >= 15 is 0 Å². The zero-order valence-electron chi connectivity index (χ0n) is 9.90. The molecule has 88 valence electrons. The molecule has 0 saturated heterocycles. The van der Waals surface area contributed by atoms with Gasteiger partial charge < -0.3 is 10.5 Å². The van der Waals surface area contributed by atoms with Crippen molar-refractivity contribution in [3.05, 3.63) is 29.3 Å². The number of benzene rings is 1. The summed E-state index contributed by atoms with van der Waals surface area (Å²) in [5.74, 6) is 2.03. The molecule has 2 nitrogen and oxygen atoms in total. The van der Waals surface area contributed by atoms with Gasteiger partial charge in [0.1, 0.15) is 5.75 Å². The first-order valence-corrected chi connectivity index (χ1v) is 6.89. The second-order valence-electron chi connectivity index (χ2n) is 4.22. The van der Waals surface area contributed by atoms with Crippen molar-refractivity contribution < 1.29 is 4.74 Å². The van der Waals surface area contributed by atoms with Crippen molar-refractivity contribution in [1.82, 2.24) is 0 Å². The van der Waals surface area contributed by atoms with Crippen molar-refractivity contribution >= 4 is 11.8 Å². The lowest BCUT2D eigenvalue weighted by Crippen LogP contribution is -2.14. The molecule has 16 heavy (non-hydrogen) atoms. The van der Waals surface area contributed by atoms with E-state index in [0.29, 0.717) is 11.9 Å². The van der Waals surface area contributed by atoms with E-state index < -0.39 is 0 Å². The average molecular weight is 237 g/mol. The first-order chi connectivity index (χ1) is 7.72. The molecule has 0 spiro atoms. The molecule has 1 aromatic carbocycles. The van der Waals surface area contributed by atoms with E-state index in [1.54, 1.807) is 0 Å². The van der Waals surface area contributed by atoms with Gasteiger partial charge in [0.25, 0.3) is 0 Å². The molecule has 2 rings (SSSR count). The van der Waals surface area contributed by atoms with Crippen LogP contribution in [0.1, 0.15) is 37.4 Å². The molecular formula is C13H19NOS. The standard InChI is InChI=1S/C13H19NOS/c1-3-15-13-6-4-5-10-11(13)8-16-9(2)7-12(10)14/h4-6,9,12H,3,7-8,14H2,1-2H3/t9?,12-/m1/s1. The van der Waals surface area contributed by atoms with Crippen LogP contribution in [0.4, 0.5) is 0 Å². The number of rotatable bonds is 2. The minimum Gasteiger partial charge on any atom is -0.494 e. The molecule has 2 atom stereocenters. The van der Waals surface area contributed by atoms with Crippen LogP contribution < -0.4 is 10.5 Å². The van der Waals surface area contributed by atoms with Crippen LogP contribution in [0, 0.1) is 0 Å². The molecule has 1 unspecified atom stereocenters. The topological polar surface area (TPSA) is 35.2 Å². The quantitative estimate of drug-likeness (QED) is 0.858. The van der Waals surface area contributed by atoms with Crippen LogP contribution in [0.15, 0.2) is 18.2 Å². The van der Waals surface area contributed by atoms with Crippen molar-refractivity contribution in [3.63, 3.8) is 0 Å². The lowest BCUT2D eigenvalue weighted by atomic mass is 9.98. The lowest BCUT2D eigenvalue weighted by molar-refractivity contribution is 0.337. The van der Waals surface area contributed by atoms with Crippen molar-refractivity contribution in [3.8, 4) is 5.75 Å². The summed E-state index contributed by atoms with van der Waals surface area (Å²) >= 11 is 1.97. The number of hydrogen-bond acceptors (Lipinski definition) is 3. The fourth-order valence-electron chi connectivity index (χ4n) is 2.15. The van der Waals surface area contributed by atoms with Gasteiger partial charge in [-0.05, 0) is 25.0 Å². The highest BCUT2D eigenvalue weighted by atomic mass is 32.2. The summed E-state index contributed by atoms with van der Waals surface area (Å²) < 4.78 is 5.67. The van der Waals surface area contributed by atoms with Crippen LogP contribution >= 0.6 is 11.8 Å². The highest BCUT2D eigenvalue weighted by Crippen LogP contribution is 2.37. The van der Waals surface area contributed by atoms with Crippen molar-refractivity contribution in [2.24, 2.45) is 5.73 Å². The number of nitrogens with two attached hydrogens (primary N) is 1. The predicted molar refractivity (Wildman–Crippen MR) is 69.9 cm³/mol. The van der Waals surface area contributed by atoms with Crippen LogP contribution in [0.25, 0.3) is 0 Å². The van der Waals surface area contributed by atoms with E-state index in [2.05, 4.69) is 13.0 Å². The van der Waals surface area contributed by atoms with E-state index in [9.17, 15) is 0 Å². The van der Waals surface area contributed by atoms with Crippen LogP contribution in [0.5, 0.6) is 5.75 Å². The summed E-state index contributed by atoms with van der Waals surface area (Å²) in [7, 11) is 0. The number of fused-ring (bicyclic) bond motifs is 1. The Hall–Kier alpha value is -0.670. The Labute approximate surface area is 102 Å². The minimum atomic E-state index is 0.153. The molecule has 2 N–H and O–H groups in total. The normalized spacial score (nSPS) is 24.7. The Morgan fingerprint density at radius 2 is 2.31 bits per heavy atom. The van der Waals surface area contributed by atoms with Crippen molar-refractivity contribution in [1.29, 1.82) is 0 Å². The summed E-state index contributed by atoms with van der Waals surface area (Å²) in [5.41, 5.74) is 8.80. The van der Waals surface area contributed by atoms with E-state index in [0.717, 1.165) is 17.9 Å². The van der Waals surface area contributed by atoms with Gasteiger partial charge in [0, 0.05) is 22.6 Å². The van der Waals surface area contributed by atoms with Crippen LogP contribution in [0.2, 0.25) is 0 Å². The largest absolute Gasteiger partial charge is 0.494 e. The van der Waals surface area contributed by atoms with Crippen LogP contribution in [-0.2, 0) is 5.75 Å². The van der Waals surface area contributed by atoms with Gasteiger partial charge in [-0.3, -0.25) is 0 Å². The third-order valence-corrected chi connectivity index (χ3v) is 4.18.